The zero-order chi connectivity index (χ0) is 22.4. The fraction of sp³-hybridized carbons (Fsp3) is 0.381. The Labute approximate surface area is 174 Å². The van der Waals surface area contributed by atoms with Gasteiger partial charge in [0.05, 0.1) is 12.1 Å². The van der Waals surface area contributed by atoms with E-state index in [1.807, 2.05) is 6.92 Å². The van der Waals surface area contributed by atoms with Crippen LogP contribution in [0.1, 0.15) is 58.6 Å². The van der Waals surface area contributed by atoms with Crippen molar-refractivity contribution in [3.05, 3.63) is 62.8 Å². The lowest BCUT2D eigenvalue weighted by molar-refractivity contribution is 0.0790. The summed E-state index contributed by atoms with van der Waals surface area (Å²) in [6.45, 7) is 1.35. The van der Waals surface area contributed by atoms with E-state index >= 15 is 0 Å². The molecule has 2 aromatic rings. The van der Waals surface area contributed by atoms with Crippen molar-refractivity contribution in [1.82, 2.24) is 15.2 Å². The maximum absolute atomic E-state index is 13.8. The van der Waals surface area contributed by atoms with E-state index in [0.29, 0.717) is 18.6 Å². The maximum atomic E-state index is 13.8. The highest BCUT2D eigenvalue weighted by atomic mass is 19.1. The van der Waals surface area contributed by atoms with Crippen molar-refractivity contribution < 1.29 is 27.9 Å². The number of aromatic nitrogens is 1. The molecule has 3 atom stereocenters. The van der Waals surface area contributed by atoms with Gasteiger partial charge in [0.15, 0.2) is 11.4 Å². The van der Waals surface area contributed by atoms with Crippen LogP contribution in [-0.4, -0.2) is 27.5 Å². The van der Waals surface area contributed by atoms with Crippen molar-refractivity contribution in [1.29, 1.82) is 0 Å². The molecule has 31 heavy (non-hydrogen) atoms. The highest BCUT2D eigenvalue weighted by molar-refractivity contribution is 5.99. The van der Waals surface area contributed by atoms with Gasteiger partial charge in [-0.2, -0.15) is 0 Å². The Bertz CT molecular complexity index is 1120. The first-order valence-electron chi connectivity index (χ1n) is 9.89. The number of nitrogens with one attached hydrogen (secondary N) is 2. The summed E-state index contributed by atoms with van der Waals surface area (Å²) in [4.78, 5) is 37.7. The van der Waals surface area contributed by atoms with E-state index in [2.05, 4.69) is 10.6 Å². The van der Waals surface area contributed by atoms with Crippen molar-refractivity contribution in [2.24, 2.45) is 5.92 Å². The van der Waals surface area contributed by atoms with E-state index in [-0.39, 0.29) is 23.7 Å². The van der Waals surface area contributed by atoms with E-state index in [1.165, 1.54) is 10.8 Å². The summed E-state index contributed by atoms with van der Waals surface area (Å²) in [6, 6.07) is 0.496. The molecule has 1 aromatic carbocycles. The lowest BCUT2D eigenvalue weighted by Crippen LogP contribution is -2.53. The Morgan fingerprint density at radius 2 is 1.90 bits per heavy atom. The van der Waals surface area contributed by atoms with Gasteiger partial charge in [-0.1, -0.05) is 13.3 Å². The van der Waals surface area contributed by atoms with Crippen LogP contribution >= 0.6 is 0 Å². The lowest BCUT2D eigenvalue weighted by atomic mass is 9.80. The molecule has 164 valence electrons. The number of carbonyl (C=O) groups is 2. The predicted octanol–water partition coefficient (Wildman–Crippen LogP) is 2.37. The van der Waals surface area contributed by atoms with E-state index in [1.54, 1.807) is 0 Å². The zero-order valence-corrected chi connectivity index (χ0v) is 16.5. The third-order valence-electron chi connectivity index (χ3n) is 6.04. The molecule has 0 unspecified atom stereocenters. The second kappa shape index (κ2) is 7.75. The second-order valence-electron chi connectivity index (χ2n) is 7.98. The highest BCUT2D eigenvalue weighted by Crippen LogP contribution is 2.37. The van der Waals surface area contributed by atoms with E-state index in [0.717, 1.165) is 12.8 Å². The normalized spacial score (nSPS) is 22.3. The molecular formula is C21H20F3N3O4. The fourth-order valence-electron chi connectivity index (χ4n) is 4.43. The number of pyridine rings is 1. The predicted molar refractivity (Wildman–Crippen MR) is 103 cm³/mol. The largest absolute Gasteiger partial charge is 0.503 e. The smallest absolute Gasteiger partial charge is 0.272 e. The number of hydrogen-bond donors (Lipinski definition) is 3. The van der Waals surface area contributed by atoms with Gasteiger partial charge in [-0.3, -0.25) is 14.4 Å². The van der Waals surface area contributed by atoms with Gasteiger partial charge in [0.25, 0.3) is 11.8 Å². The van der Waals surface area contributed by atoms with E-state index in [4.69, 9.17) is 0 Å². The molecule has 2 aliphatic rings. The average Bonchev–Trinajstić information content (AvgIpc) is 2.70. The molecule has 1 saturated carbocycles. The van der Waals surface area contributed by atoms with Crippen molar-refractivity contribution in [2.75, 3.05) is 0 Å². The molecule has 10 heteroatoms. The summed E-state index contributed by atoms with van der Waals surface area (Å²) in [5.74, 6) is -5.74. The zero-order valence-electron chi connectivity index (χ0n) is 16.5. The number of halogens is 3. The Hall–Kier alpha value is -3.30. The van der Waals surface area contributed by atoms with Crippen molar-refractivity contribution in [3.63, 3.8) is 0 Å². The van der Waals surface area contributed by atoms with Crippen LogP contribution in [0.3, 0.4) is 0 Å². The topological polar surface area (TPSA) is 100 Å². The highest BCUT2D eigenvalue weighted by Gasteiger charge is 2.40. The van der Waals surface area contributed by atoms with Gasteiger partial charge in [-0.05, 0) is 18.8 Å². The molecule has 0 spiro atoms. The molecule has 1 fully saturated rings. The third kappa shape index (κ3) is 3.55. The number of nitrogens with zero attached hydrogens (tertiary/aromatic N) is 1. The molecule has 7 nitrogen and oxygen atoms in total. The van der Waals surface area contributed by atoms with Gasteiger partial charge >= 0.3 is 0 Å². The first-order chi connectivity index (χ1) is 14.7. The van der Waals surface area contributed by atoms with Crippen LogP contribution in [0.2, 0.25) is 0 Å². The summed E-state index contributed by atoms with van der Waals surface area (Å²) in [5.41, 5.74) is -2.32. The number of amides is 2. The minimum atomic E-state index is -1.18. The first-order valence-corrected chi connectivity index (χ1v) is 9.89. The molecule has 1 aromatic heterocycles. The van der Waals surface area contributed by atoms with Gasteiger partial charge in [0.1, 0.15) is 23.0 Å². The number of hydrogen-bond acceptors (Lipinski definition) is 4. The Morgan fingerprint density at radius 3 is 2.58 bits per heavy atom. The van der Waals surface area contributed by atoms with Crippen LogP contribution in [0.4, 0.5) is 13.2 Å². The fourth-order valence-corrected chi connectivity index (χ4v) is 4.43. The molecule has 1 aliphatic carbocycles. The van der Waals surface area contributed by atoms with Crippen LogP contribution < -0.4 is 16.1 Å². The van der Waals surface area contributed by atoms with Gasteiger partial charge in [0.2, 0.25) is 5.43 Å². The van der Waals surface area contributed by atoms with Crippen LogP contribution in [0, 0.1) is 23.4 Å². The average molecular weight is 435 g/mol. The van der Waals surface area contributed by atoms with Crippen LogP contribution in [0.5, 0.6) is 5.75 Å². The van der Waals surface area contributed by atoms with Crippen LogP contribution in [0.15, 0.2) is 23.1 Å². The summed E-state index contributed by atoms with van der Waals surface area (Å²) >= 11 is 0. The van der Waals surface area contributed by atoms with Crippen molar-refractivity contribution in [2.45, 2.75) is 44.8 Å². The van der Waals surface area contributed by atoms with Crippen LogP contribution in [0.25, 0.3) is 0 Å². The minimum Gasteiger partial charge on any atom is -0.503 e. The number of benzene rings is 1. The molecule has 0 radical (unpaired) electrons. The van der Waals surface area contributed by atoms with Crippen LogP contribution in [-0.2, 0) is 6.54 Å². The first kappa shape index (κ1) is 21.0. The van der Waals surface area contributed by atoms with Gasteiger partial charge in [-0.25, -0.2) is 13.2 Å². The molecular weight excluding hydrogens is 415 g/mol. The molecule has 1 aliphatic heterocycles. The molecule has 0 bridgehead atoms. The third-order valence-corrected chi connectivity index (χ3v) is 6.04. The van der Waals surface area contributed by atoms with Gasteiger partial charge < -0.3 is 20.3 Å². The maximum Gasteiger partial charge on any atom is 0.272 e. The molecule has 2 heterocycles. The molecule has 4 rings (SSSR count). The monoisotopic (exact) mass is 435 g/mol. The molecule has 3 N–H and O–H groups in total. The summed E-state index contributed by atoms with van der Waals surface area (Å²) in [6.07, 6.45) is 3.66. The minimum absolute atomic E-state index is 0.166. The summed E-state index contributed by atoms with van der Waals surface area (Å²) in [7, 11) is 0. The van der Waals surface area contributed by atoms with Gasteiger partial charge in [0, 0.05) is 30.4 Å². The van der Waals surface area contributed by atoms with Gasteiger partial charge in [-0.15, -0.1) is 0 Å². The number of carbonyl (C=O) groups excluding carboxylic acids is 2. The lowest BCUT2D eigenvalue weighted by Gasteiger charge is -2.42. The quantitative estimate of drug-likeness (QED) is 0.689. The van der Waals surface area contributed by atoms with E-state index < -0.39 is 58.1 Å². The summed E-state index contributed by atoms with van der Waals surface area (Å²) < 4.78 is 42.1. The van der Waals surface area contributed by atoms with Crippen molar-refractivity contribution >= 4 is 11.8 Å². The SMILES string of the molecule is C[C@H]1CCC[C@@H]2[C@@H]1NC(=O)c1c(O)c(=O)c(C(=O)NCc3c(F)cc(F)cc3F)cn12. The number of rotatable bonds is 3. The Kier molecular flexibility index (Phi) is 5.24. The summed E-state index contributed by atoms with van der Waals surface area (Å²) in [5, 5.41) is 15.4. The Balaban J connectivity index is 1.68. The number of aromatic hydroxyl groups is 1. The second-order valence-corrected chi connectivity index (χ2v) is 7.98. The Morgan fingerprint density at radius 1 is 1.23 bits per heavy atom. The molecule has 0 saturated heterocycles. The standard InChI is InChI=1S/C21H20F3N3O4/c1-9-3-2-4-15-16(9)26-21(31)17-19(29)18(28)12(8-27(15)17)20(30)25-7-11-13(23)5-10(22)6-14(11)24/h5-6,8-9,15-16,29H,2-4,7H2,1H3,(H,25,30)(H,26,31)/t9-,15+,16+/m0/s1. The van der Waals surface area contributed by atoms with E-state index in [9.17, 15) is 32.7 Å². The van der Waals surface area contributed by atoms with Crippen molar-refractivity contribution in [3.8, 4) is 5.75 Å². The number of fused-ring (bicyclic) bond motifs is 3. The molecule has 2 amide bonds.